The van der Waals surface area contributed by atoms with Crippen molar-refractivity contribution in [3.05, 3.63) is 70.3 Å². The van der Waals surface area contributed by atoms with Crippen molar-refractivity contribution in [3.8, 4) is 0 Å². The van der Waals surface area contributed by atoms with E-state index in [4.69, 9.17) is 11.6 Å². The highest BCUT2D eigenvalue weighted by Crippen LogP contribution is 2.38. The summed E-state index contributed by atoms with van der Waals surface area (Å²) in [5.74, 6) is -0.268. The van der Waals surface area contributed by atoms with Crippen LogP contribution in [-0.2, 0) is 0 Å². The first-order chi connectivity index (χ1) is 12.8. The number of carbonyl (C=O) groups excluding carboxylic acids is 1. The second-order valence-electron chi connectivity index (χ2n) is 7.21. The van der Waals surface area contributed by atoms with Crippen LogP contribution < -0.4 is 10.3 Å². The average Bonchev–Trinajstić information content (AvgIpc) is 2.62. The van der Waals surface area contributed by atoms with E-state index in [0.717, 1.165) is 12.1 Å². The molecular formula is C22H24ClN3O. The van der Waals surface area contributed by atoms with Crippen LogP contribution in [-0.4, -0.2) is 24.2 Å². The number of halogens is 1. The van der Waals surface area contributed by atoms with Crippen LogP contribution in [0.4, 0.5) is 5.69 Å². The minimum atomic E-state index is -0.268. The van der Waals surface area contributed by atoms with Gasteiger partial charge < -0.3 is 4.90 Å². The first-order valence-electron chi connectivity index (χ1n) is 9.02. The Morgan fingerprint density at radius 3 is 2.59 bits per heavy atom. The third kappa shape index (κ3) is 4.06. The number of likely N-dealkylation sites (N-methyl/N-ethyl adjacent to an activating group) is 1. The Morgan fingerprint density at radius 1 is 1.22 bits per heavy atom. The molecule has 1 aliphatic rings. The zero-order chi connectivity index (χ0) is 19.6. The highest BCUT2D eigenvalue weighted by Gasteiger charge is 2.29. The van der Waals surface area contributed by atoms with E-state index in [0.29, 0.717) is 10.6 Å². The third-order valence-electron chi connectivity index (χ3n) is 4.80. The monoisotopic (exact) mass is 381 g/mol. The Kier molecular flexibility index (Phi) is 5.38. The van der Waals surface area contributed by atoms with Gasteiger partial charge in [0.15, 0.2) is 0 Å². The summed E-state index contributed by atoms with van der Waals surface area (Å²) in [6, 6.07) is 13.0. The highest BCUT2D eigenvalue weighted by atomic mass is 35.5. The number of fused-ring (bicyclic) bond motifs is 1. The number of amides is 1. The van der Waals surface area contributed by atoms with Gasteiger partial charge in [0.2, 0.25) is 0 Å². The smallest absolute Gasteiger partial charge is 0.271 e. The molecule has 0 saturated carbocycles. The number of hydrazone groups is 1. The van der Waals surface area contributed by atoms with Gasteiger partial charge >= 0.3 is 0 Å². The summed E-state index contributed by atoms with van der Waals surface area (Å²) in [7, 11) is 0. The van der Waals surface area contributed by atoms with E-state index < -0.39 is 0 Å². The van der Waals surface area contributed by atoms with Crippen LogP contribution >= 0.6 is 11.6 Å². The Balaban J connectivity index is 1.77. The molecule has 0 saturated heterocycles. The van der Waals surface area contributed by atoms with Gasteiger partial charge in [-0.3, -0.25) is 4.79 Å². The quantitative estimate of drug-likeness (QED) is 0.589. The van der Waals surface area contributed by atoms with Crippen molar-refractivity contribution in [3.63, 3.8) is 0 Å². The van der Waals surface area contributed by atoms with Gasteiger partial charge in [-0.05, 0) is 75.2 Å². The van der Waals surface area contributed by atoms with E-state index in [2.05, 4.69) is 61.3 Å². The Bertz CT molecular complexity index is 914. The maximum Gasteiger partial charge on any atom is 0.271 e. The van der Waals surface area contributed by atoms with Crippen LogP contribution in [0.5, 0.6) is 0 Å². The van der Waals surface area contributed by atoms with Gasteiger partial charge in [0.05, 0.1) is 11.8 Å². The molecule has 0 fully saturated rings. The van der Waals surface area contributed by atoms with Crippen molar-refractivity contribution in [2.45, 2.75) is 33.2 Å². The molecular weight excluding hydrogens is 358 g/mol. The Labute approximate surface area is 165 Å². The molecule has 4 nitrogen and oxygen atoms in total. The number of benzene rings is 2. The number of anilines is 1. The number of rotatable bonds is 4. The fraction of sp³-hybridized carbons (Fsp3) is 0.273. The molecule has 0 spiro atoms. The number of hydrogen-bond acceptors (Lipinski definition) is 3. The van der Waals surface area contributed by atoms with Crippen LogP contribution in [0.15, 0.2) is 53.6 Å². The van der Waals surface area contributed by atoms with Gasteiger partial charge in [-0.2, -0.15) is 5.10 Å². The van der Waals surface area contributed by atoms with Crippen molar-refractivity contribution in [1.29, 1.82) is 0 Å². The van der Waals surface area contributed by atoms with Gasteiger partial charge in [0.1, 0.15) is 0 Å². The zero-order valence-corrected chi connectivity index (χ0v) is 16.8. The predicted octanol–water partition coefficient (Wildman–Crippen LogP) is 5.13. The number of nitrogens with zero attached hydrogens (tertiary/aromatic N) is 2. The summed E-state index contributed by atoms with van der Waals surface area (Å²) in [5, 5.41) is 4.69. The van der Waals surface area contributed by atoms with Crippen molar-refractivity contribution in [1.82, 2.24) is 5.43 Å². The molecule has 2 aromatic carbocycles. The lowest BCUT2D eigenvalue weighted by Gasteiger charge is -2.42. The number of hydrogen-bond donors (Lipinski definition) is 1. The van der Waals surface area contributed by atoms with Crippen LogP contribution in [0.25, 0.3) is 5.57 Å². The van der Waals surface area contributed by atoms with Crippen molar-refractivity contribution >= 4 is 35.0 Å². The Hall–Kier alpha value is -2.59. The molecule has 0 atom stereocenters. The molecule has 1 heterocycles. The first-order valence-corrected chi connectivity index (χ1v) is 9.40. The normalized spacial score (nSPS) is 15.4. The van der Waals surface area contributed by atoms with E-state index in [1.165, 1.54) is 16.8 Å². The predicted molar refractivity (Wildman–Crippen MR) is 114 cm³/mol. The van der Waals surface area contributed by atoms with Crippen LogP contribution in [0.1, 0.15) is 49.2 Å². The molecule has 5 heteroatoms. The molecule has 0 aromatic heterocycles. The summed E-state index contributed by atoms with van der Waals surface area (Å²) in [6.07, 6.45) is 3.96. The molecule has 2 aromatic rings. The standard InChI is InChI=1S/C22H24ClN3O/c1-5-26-20-11-6-16(12-19(20)15(2)13-22(26,3)4)14-24-25-21(27)17-7-9-18(23)10-8-17/h6-14H,5H2,1-4H3,(H,25,27)/b24-14-. The largest absolute Gasteiger partial charge is 0.363 e. The lowest BCUT2D eigenvalue weighted by molar-refractivity contribution is 0.0955. The first kappa shape index (κ1) is 19.2. The molecule has 0 unspecified atom stereocenters. The number of allylic oxidation sites excluding steroid dienone is 1. The fourth-order valence-electron chi connectivity index (χ4n) is 3.59. The summed E-state index contributed by atoms with van der Waals surface area (Å²) in [5.41, 5.74) is 7.68. The van der Waals surface area contributed by atoms with Gasteiger partial charge in [0, 0.05) is 28.4 Å². The Morgan fingerprint density at radius 2 is 1.93 bits per heavy atom. The second kappa shape index (κ2) is 7.57. The van der Waals surface area contributed by atoms with Gasteiger partial charge in [-0.1, -0.05) is 23.7 Å². The summed E-state index contributed by atoms with van der Waals surface area (Å²) < 4.78 is 0. The number of nitrogens with one attached hydrogen (secondary N) is 1. The molecule has 0 bridgehead atoms. The third-order valence-corrected chi connectivity index (χ3v) is 5.06. The van der Waals surface area contributed by atoms with Gasteiger partial charge in [0.25, 0.3) is 5.91 Å². The number of carbonyl (C=O) groups is 1. The summed E-state index contributed by atoms with van der Waals surface area (Å²) in [4.78, 5) is 14.5. The van der Waals surface area contributed by atoms with Crippen LogP contribution in [0, 0.1) is 0 Å². The summed E-state index contributed by atoms with van der Waals surface area (Å²) >= 11 is 5.84. The lowest BCUT2D eigenvalue weighted by Crippen LogP contribution is -2.44. The minimum Gasteiger partial charge on any atom is -0.363 e. The average molecular weight is 382 g/mol. The maximum absolute atomic E-state index is 12.1. The fourth-order valence-corrected chi connectivity index (χ4v) is 3.72. The molecule has 0 aliphatic carbocycles. The highest BCUT2D eigenvalue weighted by molar-refractivity contribution is 6.30. The lowest BCUT2D eigenvalue weighted by atomic mass is 9.88. The molecule has 1 aliphatic heterocycles. The van der Waals surface area contributed by atoms with Crippen LogP contribution in [0.3, 0.4) is 0 Å². The van der Waals surface area contributed by atoms with Crippen molar-refractivity contribution < 1.29 is 4.79 Å². The SMILES string of the molecule is CCN1c2ccc(/C=N\NC(=O)c3ccc(Cl)cc3)cc2C(C)=CC1(C)C. The van der Waals surface area contributed by atoms with Crippen molar-refractivity contribution in [2.24, 2.45) is 5.10 Å². The molecule has 0 radical (unpaired) electrons. The zero-order valence-electron chi connectivity index (χ0n) is 16.1. The molecule has 3 rings (SSSR count). The molecule has 1 N–H and O–H groups in total. The van der Waals surface area contributed by atoms with Crippen LogP contribution in [0.2, 0.25) is 5.02 Å². The second-order valence-corrected chi connectivity index (χ2v) is 7.64. The molecule has 140 valence electrons. The van der Waals surface area contributed by atoms with E-state index in [9.17, 15) is 4.79 Å². The van der Waals surface area contributed by atoms with E-state index in [1.54, 1.807) is 30.5 Å². The summed E-state index contributed by atoms with van der Waals surface area (Å²) in [6.45, 7) is 9.70. The molecule has 1 amide bonds. The van der Waals surface area contributed by atoms with Gasteiger partial charge in [-0.15, -0.1) is 0 Å². The maximum atomic E-state index is 12.1. The topological polar surface area (TPSA) is 44.7 Å². The van der Waals surface area contributed by atoms with Crippen molar-refractivity contribution in [2.75, 3.05) is 11.4 Å². The van der Waals surface area contributed by atoms with E-state index in [-0.39, 0.29) is 11.4 Å². The minimum absolute atomic E-state index is 0.00596. The van der Waals surface area contributed by atoms with Gasteiger partial charge in [-0.25, -0.2) is 5.43 Å². The van der Waals surface area contributed by atoms with E-state index >= 15 is 0 Å². The van der Waals surface area contributed by atoms with E-state index in [1.807, 2.05) is 6.07 Å². The molecule has 27 heavy (non-hydrogen) atoms.